The molecule has 4 nitrogen and oxygen atoms in total. The first-order valence-electron chi connectivity index (χ1n) is 7.17. The van der Waals surface area contributed by atoms with E-state index in [-0.39, 0.29) is 5.91 Å². The van der Waals surface area contributed by atoms with Gasteiger partial charge in [-0.15, -0.1) is 0 Å². The van der Waals surface area contributed by atoms with Crippen molar-refractivity contribution in [3.05, 3.63) is 24.0 Å². The minimum atomic E-state index is -0.0243. The van der Waals surface area contributed by atoms with E-state index < -0.39 is 0 Å². The van der Waals surface area contributed by atoms with E-state index in [1.54, 1.807) is 12.4 Å². The zero-order chi connectivity index (χ0) is 13.7. The van der Waals surface area contributed by atoms with E-state index >= 15 is 0 Å². The third-order valence-corrected chi connectivity index (χ3v) is 4.22. The fourth-order valence-corrected chi connectivity index (χ4v) is 2.62. The molecule has 0 aliphatic heterocycles. The predicted molar refractivity (Wildman–Crippen MR) is 77.3 cm³/mol. The molecule has 1 aromatic rings. The number of hydrogen-bond acceptors (Lipinski definition) is 3. The number of pyridine rings is 1. The number of carbonyl (C=O) groups excluding carboxylic acids is 1. The van der Waals surface area contributed by atoms with Gasteiger partial charge in [-0.25, -0.2) is 0 Å². The Morgan fingerprint density at radius 2 is 2.21 bits per heavy atom. The Bertz CT molecular complexity index is 435. The van der Waals surface area contributed by atoms with Gasteiger partial charge in [0, 0.05) is 25.5 Å². The molecule has 1 heterocycles. The van der Waals surface area contributed by atoms with Crippen LogP contribution in [0.5, 0.6) is 0 Å². The number of amides is 1. The van der Waals surface area contributed by atoms with E-state index in [1.807, 2.05) is 13.0 Å². The maximum absolute atomic E-state index is 12.3. The lowest BCUT2D eigenvalue weighted by atomic mass is 9.67. The molecule has 0 spiro atoms. The minimum absolute atomic E-state index is 0.0243. The van der Waals surface area contributed by atoms with Crippen LogP contribution < -0.4 is 10.6 Å². The number of anilines is 1. The summed E-state index contributed by atoms with van der Waals surface area (Å²) in [5.41, 5.74) is 1.83. The summed E-state index contributed by atoms with van der Waals surface area (Å²) in [5.74, 6) is -0.0243. The number of carbonyl (C=O) groups is 1. The molecule has 1 saturated carbocycles. The van der Waals surface area contributed by atoms with Crippen LogP contribution in [-0.2, 0) is 0 Å². The molecule has 2 N–H and O–H groups in total. The van der Waals surface area contributed by atoms with Crippen molar-refractivity contribution in [1.82, 2.24) is 10.3 Å². The molecule has 1 aliphatic rings. The summed E-state index contributed by atoms with van der Waals surface area (Å²) >= 11 is 0. The van der Waals surface area contributed by atoms with E-state index in [0.29, 0.717) is 11.0 Å². The summed E-state index contributed by atoms with van der Waals surface area (Å²) in [5, 5.41) is 6.27. The molecule has 1 aromatic heterocycles. The molecule has 0 radical (unpaired) electrons. The number of aromatic nitrogens is 1. The molecule has 0 bridgehead atoms. The molecule has 0 aromatic carbocycles. The fraction of sp³-hybridized carbons (Fsp3) is 0.600. The zero-order valence-corrected chi connectivity index (χ0v) is 11.8. The SMILES string of the molecule is CCNc1ccncc1C(=O)NCC1(CC)CCC1. The van der Waals surface area contributed by atoms with Crippen LogP contribution in [0.3, 0.4) is 0 Å². The van der Waals surface area contributed by atoms with Crippen molar-refractivity contribution < 1.29 is 4.79 Å². The zero-order valence-electron chi connectivity index (χ0n) is 11.8. The number of nitrogens with one attached hydrogen (secondary N) is 2. The molecular weight excluding hydrogens is 238 g/mol. The lowest BCUT2D eigenvalue weighted by molar-refractivity contribution is 0.0850. The van der Waals surface area contributed by atoms with Crippen molar-refractivity contribution >= 4 is 11.6 Å². The molecule has 2 rings (SSSR count). The quantitative estimate of drug-likeness (QED) is 0.828. The summed E-state index contributed by atoms with van der Waals surface area (Å²) in [4.78, 5) is 16.3. The molecule has 0 saturated heterocycles. The van der Waals surface area contributed by atoms with Gasteiger partial charge in [0.25, 0.3) is 5.91 Å². The molecule has 1 aliphatic carbocycles. The monoisotopic (exact) mass is 261 g/mol. The van der Waals surface area contributed by atoms with Gasteiger partial charge >= 0.3 is 0 Å². The smallest absolute Gasteiger partial charge is 0.254 e. The Balaban J connectivity index is 1.99. The van der Waals surface area contributed by atoms with Gasteiger partial charge < -0.3 is 10.6 Å². The molecule has 19 heavy (non-hydrogen) atoms. The lowest BCUT2D eigenvalue weighted by Gasteiger charge is -2.41. The molecule has 1 amide bonds. The molecule has 4 heteroatoms. The van der Waals surface area contributed by atoms with Gasteiger partial charge in [-0.05, 0) is 37.7 Å². The van der Waals surface area contributed by atoms with Gasteiger partial charge in [-0.2, -0.15) is 0 Å². The van der Waals surface area contributed by atoms with Gasteiger partial charge in [0.2, 0.25) is 0 Å². The van der Waals surface area contributed by atoms with Crippen molar-refractivity contribution in [2.75, 3.05) is 18.4 Å². The van der Waals surface area contributed by atoms with E-state index in [1.165, 1.54) is 19.3 Å². The average Bonchev–Trinajstić information content (AvgIpc) is 2.39. The summed E-state index contributed by atoms with van der Waals surface area (Å²) < 4.78 is 0. The van der Waals surface area contributed by atoms with Crippen molar-refractivity contribution in [1.29, 1.82) is 0 Å². The summed E-state index contributed by atoms with van der Waals surface area (Å²) in [6, 6.07) is 1.84. The second-order valence-electron chi connectivity index (χ2n) is 5.34. The Hall–Kier alpha value is -1.58. The van der Waals surface area contributed by atoms with Gasteiger partial charge in [0.05, 0.1) is 11.3 Å². The third kappa shape index (κ3) is 3.06. The topological polar surface area (TPSA) is 54.0 Å². The first-order chi connectivity index (χ1) is 9.21. The highest BCUT2D eigenvalue weighted by Gasteiger charge is 2.35. The van der Waals surface area contributed by atoms with Gasteiger partial charge in [0.1, 0.15) is 0 Å². The first kappa shape index (κ1) is 13.8. The Morgan fingerprint density at radius 3 is 2.79 bits per heavy atom. The van der Waals surface area contributed by atoms with Crippen LogP contribution in [0.4, 0.5) is 5.69 Å². The number of rotatable bonds is 6. The van der Waals surface area contributed by atoms with Crippen LogP contribution in [0.1, 0.15) is 49.9 Å². The van der Waals surface area contributed by atoms with Crippen molar-refractivity contribution in [3.63, 3.8) is 0 Å². The van der Waals surface area contributed by atoms with Crippen LogP contribution in [0.15, 0.2) is 18.5 Å². The van der Waals surface area contributed by atoms with E-state index in [0.717, 1.165) is 25.2 Å². The predicted octanol–water partition coefficient (Wildman–Crippen LogP) is 2.82. The van der Waals surface area contributed by atoms with Crippen molar-refractivity contribution in [2.24, 2.45) is 5.41 Å². The normalized spacial score (nSPS) is 16.5. The molecule has 0 unspecified atom stereocenters. The van der Waals surface area contributed by atoms with Gasteiger partial charge in [0.15, 0.2) is 0 Å². The Kier molecular flexibility index (Phi) is 4.40. The third-order valence-electron chi connectivity index (χ3n) is 4.22. The largest absolute Gasteiger partial charge is 0.385 e. The molecule has 1 fully saturated rings. The highest BCUT2D eigenvalue weighted by molar-refractivity contribution is 5.99. The average molecular weight is 261 g/mol. The lowest BCUT2D eigenvalue weighted by Crippen LogP contribution is -2.41. The van der Waals surface area contributed by atoms with Crippen LogP contribution in [0, 0.1) is 5.41 Å². The van der Waals surface area contributed by atoms with E-state index in [2.05, 4.69) is 22.5 Å². The second-order valence-corrected chi connectivity index (χ2v) is 5.34. The fourth-order valence-electron chi connectivity index (χ4n) is 2.62. The minimum Gasteiger partial charge on any atom is -0.385 e. The van der Waals surface area contributed by atoms with Crippen LogP contribution >= 0.6 is 0 Å². The van der Waals surface area contributed by atoms with Crippen molar-refractivity contribution in [3.8, 4) is 0 Å². The maximum atomic E-state index is 12.3. The number of hydrogen-bond donors (Lipinski definition) is 2. The van der Waals surface area contributed by atoms with Crippen LogP contribution in [0.2, 0.25) is 0 Å². The molecular formula is C15H23N3O. The van der Waals surface area contributed by atoms with Crippen molar-refractivity contribution in [2.45, 2.75) is 39.5 Å². The van der Waals surface area contributed by atoms with E-state index in [4.69, 9.17) is 0 Å². The summed E-state index contributed by atoms with van der Waals surface area (Å²) in [6.45, 7) is 5.80. The Labute approximate surface area is 115 Å². The maximum Gasteiger partial charge on any atom is 0.254 e. The second kappa shape index (κ2) is 6.04. The standard InChI is InChI=1S/C15H23N3O/c1-3-15(7-5-8-15)11-18-14(19)12-10-16-9-6-13(12)17-4-2/h6,9-10H,3-5,7-8,11H2,1-2H3,(H,16,17)(H,18,19). The first-order valence-corrected chi connectivity index (χ1v) is 7.17. The molecule has 0 atom stereocenters. The summed E-state index contributed by atoms with van der Waals surface area (Å²) in [6.07, 6.45) is 8.23. The number of nitrogens with zero attached hydrogens (tertiary/aromatic N) is 1. The van der Waals surface area contributed by atoms with Crippen LogP contribution in [0.25, 0.3) is 0 Å². The van der Waals surface area contributed by atoms with Gasteiger partial charge in [-0.3, -0.25) is 9.78 Å². The van der Waals surface area contributed by atoms with Gasteiger partial charge in [-0.1, -0.05) is 13.3 Å². The highest BCUT2D eigenvalue weighted by atomic mass is 16.1. The summed E-state index contributed by atoms with van der Waals surface area (Å²) in [7, 11) is 0. The molecule has 104 valence electrons. The van der Waals surface area contributed by atoms with E-state index in [9.17, 15) is 4.79 Å². The van der Waals surface area contributed by atoms with Crippen LogP contribution in [-0.4, -0.2) is 24.0 Å². The highest BCUT2D eigenvalue weighted by Crippen LogP contribution is 2.43. The Morgan fingerprint density at radius 1 is 1.42 bits per heavy atom.